The lowest BCUT2D eigenvalue weighted by molar-refractivity contribution is -0.132. The number of amides is 1. The highest BCUT2D eigenvalue weighted by molar-refractivity contribution is 6.01. The summed E-state index contributed by atoms with van der Waals surface area (Å²) in [6.07, 6.45) is 2.57. The Morgan fingerprint density at radius 3 is 1.98 bits per heavy atom. The first-order valence-corrected chi connectivity index (χ1v) is 16.8. The molecule has 7 rings (SSSR count). The van der Waals surface area contributed by atoms with Crippen LogP contribution in [0.5, 0.6) is 0 Å². The number of allylic oxidation sites excluding steroid dienone is 1. The number of ketones is 1. The van der Waals surface area contributed by atoms with Crippen LogP contribution in [-0.4, -0.2) is 41.3 Å². The molecular weight excluding hydrogens is 582 g/mol. The molecule has 1 fully saturated rings. The van der Waals surface area contributed by atoms with Crippen LogP contribution in [0, 0.1) is 11.3 Å². The van der Waals surface area contributed by atoms with Gasteiger partial charge in [0.25, 0.3) is 0 Å². The molecule has 6 heteroatoms. The molecule has 0 saturated carbocycles. The number of nitrogens with zero attached hydrogens (tertiary/aromatic N) is 2. The van der Waals surface area contributed by atoms with Gasteiger partial charge in [-0.2, -0.15) is 0 Å². The SMILES string of the molecule is CC1(C)CC(=O)C2=C(C1)Nc1ccccc1N(CC(=O)N1CCC(C(O)(c3ccccc3)c3ccccc3)CC1)C2c1ccccc1. The van der Waals surface area contributed by atoms with Crippen molar-refractivity contribution in [1.82, 2.24) is 4.90 Å². The number of aliphatic hydroxyl groups is 1. The van der Waals surface area contributed by atoms with Crippen LogP contribution in [0.25, 0.3) is 0 Å². The molecule has 4 aromatic carbocycles. The lowest BCUT2D eigenvalue weighted by atomic mass is 9.72. The van der Waals surface area contributed by atoms with Gasteiger partial charge in [-0.05, 0) is 59.4 Å². The molecule has 6 nitrogen and oxygen atoms in total. The zero-order valence-electron chi connectivity index (χ0n) is 27.2. The summed E-state index contributed by atoms with van der Waals surface area (Å²) in [5.74, 6) is 0.104. The minimum atomic E-state index is -1.15. The summed E-state index contributed by atoms with van der Waals surface area (Å²) < 4.78 is 0. The monoisotopic (exact) mass is 625 g/mol. The molecule has 2 heterocycles. The summed E-state index contributed by atoms with van der Waals surface area (Å²) in [6, 6.07) is 37.6. The average molecular weight is 626 g/mol. The van der Waals surface area contributed by atoms with Crippen molar-refractivity contribution in [2.45, 2.75) is 51.2 Å². The number of piperidine rings is 1. The Morgan fingerprint density at radius 2 is 1.36 bits per heavy atom. The van der Waals surface area contributed by atoms with E-state index >= 15 is 0 Å². The van der Waals surface area contributed by atoms with Gasteiger partial charge in [-0.15, -0.1) is 0 Å². The lowest BCUT2D eigenvalue weighted by Gasteiger charge is -2.43. The third-order valence-electron chi connectivity index (χ3n) is 10.3. The Balaban J connectivity index is 1.19. The van der Waals surface area contributed by atoms with E-state index in [1.807, 2.05) is 108 Å². The molecule has 2 N–H and O–H groups in total. The normalized spacial score (nSPS) is 19.8. The minimum Gasteiger partial charge on any atom is -0.380 e. The standard InChI is InChI=1S/C41H43N3O3/c1-40(2)26-34-38(36(45)27-40)39(29-14-6-3-7-15-29)44(35-21-13-12-20-33(35)42-34)28-37(46)43-24-22-32(23-25-43)41(47,30-16-8-4-9-17-30)31-18-10-5-11-19-31/h3-21,32,39,42,47H,22-28H2,1-2H3. The summed E-state index contributed by atoms with van der Waals surface area (Å²) in [7, 11) is 0. The van der Waals surface area contributed by atoms with Crippen molar-refractivity contribution < 1.29 is 14.7 Å². The first-order valence-electron chi connectivity index (χ1n) is 16.8. The van der Waals surface area contributed by atoms with Gasteiger partial charge < -0.3 is 20.2 Å². The molecular formula is C41H43N3O3. The van der Waals surface area contributed by atoms with E-state index in [4.69, 9.17) is 0 Å². The maximum Gasteiger partial charge on any atom is 0.242 e. The van der Waals surface area contributed by atoms with Gasteiger partial charge >= 0.3 is 0 Å². The van der Waals surface area contributed by atoms with Gasteiger partial charge in [0.05, 0.1) is 24.0 Å². The van der Waals surface area contributed by atoms with Crippen LogP contribution in [-0.2, 0) is 15.2 Å². The molecule has 3 aliphatic rings. The minimum absolute atomic E-state index is 0.0229. The highest BCUT2D eigenvalue weighted by Crippen LogP contribution is 2.48. The molecule has 1 unspecified atom stereocenters. The first-order chi connectivity index (χ1) is 22.7. The van der Waals surface area contributed by atoms with Crippen LogP contribution in [0.1, 0.15) is 62.3 Å². The van der Waals surface area contributed by atoms with Crippen molar-refractivity contribution in [2.24, 2.45) is 11.3 Å². The number of carbonyl (C=O) groups is 2. The smallest absolute Gasteiger partial charge is 0.242 e. The van der Waals surface area contributed by atoms with Gasteiger partial charge in [-0.25, -0.2) is 0 Å². The molecule has 0 aromatic heterocycles. The van der Waals surface area contributed by atoms with Gasteiger partial charge in [-0.1, -0.05) is 117 Å². The number of hydrogen-bond acceptors (Lipinski definition) is 5. The molecule has 0 radical (unpaired) electrons. The summed E-state index contributed by atoms with van der Waals surface area (Å²) in [5.41, 5.74) is 4.96. The van der Waals surface area contributed by atoms with Gasteiger partial charge in [-0.3, -0.25) is 9.59 Å². The van der Waals surface area contributed by atoms with Crippen molar-refractivity contribution in [3.05, 3.63) is 143 Å². The number of hydrogen-bond donors (Lipinski definition) is 2. The predicted octanol–water partition coefficient (Wildman–Crippen LogP) is 7.48. The van der Waals surface area contributed by atoms with Crippen LogP contribution >= 0.6 is 0 Å². The summed E-state index contributed by atoms with van der Waals surface area (Å²) in [6.45, 7) is 5.53. The van der Waals surface area contributed by atoms with Crippen LogP contribution in [0.4, 0.5) is 11.4 Å². The van der Waals surface area contributed by atoms with Crippen LogP contribution < -0.4 is 10.2 Å². The second kappa shape index (κ2) is 12.5. The predicted molar refractivity (Wildman–Crippen MR) is 187 cm³/mol. The molecule has 0 bridgehead atoms. The van der Waals surface area contributed by atoms with Crippen molar-refractivity contribution >= 4 is 23.1 Å². The van der Waals surface area contributed by atoms with E-state index in [2.05, 4.69) is 36.2 Å². The molecule has 47 heavy (non-hydrogen) atoms. The summed E-state index contributed by atoms with van der Waals surface area (Å²) in [5, 5.41) is 16.0. The fourth-order valence-electron chi connectivity index (χ4n) is 8.02. The second-order valence-electron chi connectivity index (χ2n) is 14.1. The Labute approximate surface area is 277 Å². The number of benzene rings is 4. The number of nitrogens with one attached hydrogen (secondary N) is 1. The highest BCUT2D eigenvalue weighted by atomic mass is 16.3. The van der Waals surface area contributed by atoms with Crippen molar-refractivity contribution in [2.75, 3.05) is 29.9 Å². The zero-order valence-corrected chi connectivity index (χ0v) is 27.2. The lowest BCUT2D eigenvalue weighted by Crippen LogP contribution is -2.49. The van der Waals surface area contributed by atoms with Gasteiger partial charge in [0, 0.05) is 30.8 Å². The third-order valence-corrected chi connectivity index (χ3v) is 10.3. The van der Waals surface area contributed by atoms with E-state index in [9.17, 15) is 14.7 Å². The number of likely N-dealkylation sites (tertiary alicyclic amines) is 1. The molecule has 2 aliphatic heterocycles. The number of para-hydroxylation sites is 2. The quantitative estimate of drug-likeness (QED) is 0.233. The van der Waals surface area contributed by atoms with Crippen LogP contribution in [0.3, 0.4) is 0 Å². The Hall–Kier alpha value is -4.68. The molecule has 4 aromatic rings. The van der Waals surface area contributed by atoms with Crippen molar-refractivity contribution in [3.63, 3.8) is 0 Å². The molecule has 1 amide bonds. The van der Waals surface area contributed by atoms with Gasteiger partial charge in [0.2, 0.25) is 5.91 Å². The van der Waals surface area contributed by atoms with E-state index in [0.29, 0.717) is 32.4 Å². The molecule has 1 aliphatic carbocycles. The number of anilines is 2. The Kier molecular flexibility index (Phi) is 8.23. The Bertz CT molecular complexity index is 1740. The fraction of sp³-hybridized carbons (Fsp3) is 0.317. The first kappa shape index (κ1) is 30.9. The fourth-order valence-corrected chi connectivity index (χ4v) is 8.02. The van der Waals surface area contributed by atoms with Crippen molar-refractivity contribution in [1.29, 1.82) is 0 Å². The average Bonchev–Trinajstić information content (AvgIpc) is 3.23. The second-order valence-corrected chi connectivity index (χ2v) is 14.1. The number of carbonyl (C=O) groups excluding carboxylic acids is 2. The van der Waals surface area contributed by atoms with Crippen LogP contribution in [0.15, 0.2) is 127 Å². The third kappa shape index (κ3) is 5.87. The van der Waals surface area contributed by atoms with E-state index in [1.54, 1.807) is 0 Å². The van der Waals surface area contributed by atoms with E-state index in [1.165, 1.54) is 0 Å². The maximum atomic E-state index is 14.3. The Morgan fingerprint density at radius 1 is 0.809 bits per heavy atom. The summed E-state index contributed by atoms with van der Waals surface area (Å²) >= 11 is 0. The van der Waals surface area contributed by atoms with Gasteiger partial charge in [0.1, 0.15) is 5.60 Å². The van der Waals surface area contributed by atoms with Gasteiger partial charge in [0.15, 0.2) is 5.78 Å². The molecule has 1 saturated heterocycles. The van der Waals surface area contributed by atoms with E-state index in [0.717, 1.165) is 45.8 Å². The largest absolute Gasteiger partial charge is 0.380 e. The maximum absolute atomic E-state index is 14.3. The highest BCUT2D eigenvalue weighted by Gasteiger charge is 2.44. The van der Waals surface area contributed by atoms with E-state index < -0.39 is 11.6 Å². The van der Waals surface area contributed by atoms with Crippen LogP contribution in [0.2, 0.25) is 0 Å². The molecule has 0 spiro atoms. The number of fused-ring (bicyclic) bond motifs is 1. The van der Waals surface area contributed by atoms with Crippen molar-refractivity contribution in [3.8, 4) is 0 Å². The molecule has 1 atom stereocenters. The van der Waals surface area contributed by atoms with E-state index in [-0.39, 0.29) is 29.6 Å². The number of rotatable bonds is 6. The zero-order chi connectivity index (χ0) is 32.6. The summed E-state index contributed by atoms with van der Waals surface area (Å²) in [4.78, 5) is 32.4. The topological polar surface area (TPSA) is 72.9 Å². The molecule has 240 valence electrons. The number of Topliss-reactive ketones (excluding diaryl/α,β-unsaturated/α-hetero) is 1.